The molecule has 19 heavy (non-hydrogen) atoms. The van der Waals surface area contributed by atoms with E-state index >= 15 is 0 Å². The van der Waals surface area contributed by atoms with Crippen LogP contribution >= 0.6 is 0 Å². The molecule has 0 amide bonds. The summed E-state index contributed by atoms with van der Waals surface area (Å²) in [6, 6.07) is 9.46. The first-order valence-electron chi connectivity index (χ1n) is 6.21. The third-order valence-electron chi connectivity index (χ3n) is 3.23. The third-order valence-corrected chi connectivity index (χ3v) is 3.23. The van der Waals surface area contributed by atoms with Crippen LogP contribution in [-0.4, -0.2) is 7.05 Å². The van der Waals surface area contributed by atoms with Crippen molar-refractivity contribution in [2.24, 2.45) is 0 Å². The number of halogens is 2. The van der Waals surface area contributed by atoms with Crippen LogP contribution < -0.4 is 5.32 Å². The Morgan fingerprint density at radius 1 is 0.947 bits per heavy atom. The van der Waals surface area contributed by atoms with Gasteiger partial charge in [-0.15, -0.1) is 0 Å². The van der Waals surface area contributed by atoms with Crippen LogP contribution in [-0.2, 0) is 0 Å². The lowest BCUT2D eigenvalue weighted by Gasteiger charge is -2.20. The molecule has 0 heterocycles. The van der Waals surface area contributed by atoms with Crippen LogP contribution in [0.1, 0.15) is 28.3 Å². The highest BCUT2D eigenvalue weighted by atomic mass is 19.1. The van der Waals surface area contributed by atoms with Crippen molar-refractivity contribution in [2.45, 2.75) is 19.9 Å². The monoisotopic (exact) mass is 261 g/mol. The van der Waals surface area contributed by atoms with Crippen LogP contribution in [0.2, 0.25) is 0 Å². The van der Waals surface area contributed by atoms with Crippen LogP contribution in [0.3, 0.4) is 0 Å². The van der Waals surface area contributed by atoms with E-state index in [2.05, 4.69) is 5.32 Å². The van der Waals surface area contributed by atoms with E-state index in [1.54, 1.807) is 6.07 Å². The standard InChI is InChI=1S/C16H17F2N/c1-10-6-12(9-14(18)7-10)16(19-3)15-5-4-13(17)8-11(15)2/h4-9,16,19H,1-3H3. The van der Waals surface area contributed by atoms with E-state index in [0.29, 0.717) is 0 Å². The number of hydrogen-bond donors (Lipinski definition) is 1. The van der Waals surface area contributed by atoms with Crippen LogP contribution in [0.15, 0.2) is 36.4 Å². The molecular weight excluding hydrogens is 244 g/mol. The molecule has 0 bridgehead atoms. The van der Waals surface area contributed by atoms with Gasteiger partial charge >= 0.3 is 0 Å². The van der Waals surface area contributed by atoms with Gasteiger partial charge in [-0.25, -0.2) is 8.78 Å². The van der Waals surface area contributed by atoms with Gasteiger partial charge in [0.15, 0.2) is 0 Å². The second kappa shape index (κ2) is 5.49. The molecule has 0 radical (unpaired) electrons. The van der Waals surface area contributed by atoms with Gasteiger partial charge in [-0.05, 0) is 67.4 Å². The van der Waals surface area contributed by atoms with Gasteiger partial charge in [-0.1, -0.05) is 12.1 Å². The Bertz CT molecular complexity index is 573. The van der Waals surface area contributed by atoms with E-state index < -0.39 is 0 Å². The summed E-state index contributed by atoms with van der Waals surface area (Å²) in [6.07, 6.45) is 0. The molecule has 3 heteroatoms. The highest BCUT2D eigenvalue weighted by Crippen LogP contribution is 2.26. The lowest BCUT2D eigenvalue weighted by Crippen LogP contribution is -2.19. The van der Waals surface area contributed by atoms with Crippen LogP contribution in [0.25, 0.3) is 0 Å². The van der Waals surface area contributed by atoms with Gasteiger partial charge in [0.2, 0.25) is 0 Å². The molecule has 0 aliphatic rings. The van der Waals surface area contributed by atoms with Crippen molar-refractivity contribution in [2.75, 3.05) is 7.05 Å². The quantitative estimate of drug-likeness (QED) is 0.883. The second-order valence-electron chi connectivity index (χ2n) is 4.78. The number of rotatable bonds is 3. The number of benzene rings is 2. The number of aryl methyl sites for hydroxylation is 2. The van der Waals surface area contributed by atoms with Crippen LogP contribution in [0.4, 0.5) is 8.78 Å². The molecule has 0 spiro atoms. The fourth-order valence-corrected chi connectivity index (χ4v) is 2.40. The summed E-state index contributed by atoms with van der Waals surface area (Å²) in [5, 5.41) is 3.16. The minimum atomic E-state index is -0.258. The summed E-state index contributed by atoms with van der Waals surface area (Å²) in [4.78, 5) is 0. The Balaban J connectivity index is 2.49. The van der Waals surface area contributed by atoms with Gasteiger partial charge in [0.25, 0.3) is 0 Å². The Morgan fingerprint density at radius 2 is 1.68 bits per heavy atom. The average Bonchev–Trinajstić information content (AvgIpc) is 2.31. The molecule has 0 saturated carbocycles. The van der Waals surface area contributed by atoms with E-state index in [1.807, 2.05) is 27.0 Å². The molecule has 0 saturated heterocycles. The maximum absolute atomic E-state index is 13.5. The fourth-order valence-electron chi connectivity index (χ4n) is 2.40. The minimum Gasteiger partial charge on any atom is -0.309 e. The van der Waals surface area contributed by atoms with E-state index in [9.17, 15) is 8.78 Å². The molecular formula is C16H17F2N. The van der Waals surface area contributed by atoms with Crippen molar-refractivity contribution >= 4 is 0 Å². The van der Waals surface area contributed by atoms with Crippen molar-refractivity contribution in [3.05, 3.63) is 70.3 Å². The Morgan fingerprint density at radius 3 is 2.26 bits per heavy atom. The number of nitrogens with one attached hydrogen (secondary N) is 1. The third kappa shape index (κ3) is 2.99. The van der Waals surface area contributed by atoms with Crippen LogP contribution in [0.5, 0.6) is 0 Å². The molecule has 2 aromatic carbocycles. The Kier molecular flexibility index (Phi) is 3.96. The van der Waals surface area contributed by atoms with Gasteiger partial charge < -0.3 is 5.32 Å². The molecule has 1 N–H and O–H groups in total. The van der Waals surface area contributed by atoms with Gasteiger partial charge in [0.1, 0.15) is 11.6 Å². The van der Waals surface area contributed by atoms with Crippen molar-refractivity contribution in [1.82, 2.24) is 5.32 Å². The fraction of sp³-hybridized carbons (Fsp3) is 0.250. The lowest BCUT2D eigenvalue weighted by atomic mass is 9.94. The molecule has 0 aromatic heterocycles. The predicted molar refractivity (Wildman–Crippen MR) is 73.2 cm³/mol. The lowest BCUT2D eigenvalue weighted by molar-refractivity contribution is 0.610. The second-order valence-corrected chi connectivity index (χ2v) is 4.78. The first-order chi connectivity index (χ1) is 9.01. The SMILES string of the molecule is CNC(c1cc(C)cc(F)c1)c1ccc(F)cc1C. The molecule has 1 unspecified atom stereocenters. The first kappa shape index (κ1) is 13.7. The van der Waals surface area contributed by atoms with Gasteiger partial charge in [-0.2, -0.15) is 0 Å². The van der Waals surface area contributed by atoms with E-state index in [0.717, 1.165) is 22.3 Å². The number of hydrogen-bond acceptors (Lipinski definition) is 1. The molecule has 1 atom stereocenters. The Labute approximate surface area is 112 Å². The molecule has 2 aromatic rings. The smallest absolute Gasteiger partial charge is 0.123 e. The Hall–Kier alpha value is -1.74. The zero-order chi connectivity index (χ0) is 14.0. The van der Waals surface area contributed by atoms with E-state index in [-0.39, 0.29) is 17.7 Å². The average molecular weight is 261 g/mol. The van der Waals surface area contributed by atoms with Crippen molar-refractivity contribution < 1.29 is 8.78 Å². The van der Waals surface area contributed by atoms with Gasteiger partial charge in [0, 0.05) is 0 Å². The summed E-state index contributed by atoms with van der Waals surface area (Å²) in [5.74, 6) is -0.512. The van der Waals surface area contributed by atoms with Crippen LogP contribution in [0, 0.1) is 25.5 Å². The molecule has 0 aliphatic carbocycles. The van der Waals surface area contributed by atoms with E-state index in [1.165, 1.54) is 24.3 Å². The van der Waals surface area contributed by atoms with E-state index in [4.69, 9.17) is 0 Å². The normalized spacial score (nSPS) is 12.5. The van der Waals surface area contributed by atoms with Crippen molar-refractivity contribution in [1.29, 1.82) is 0 Å². The van der Waals surface area contributed by atoms with Gasteiger partial charge in [-0.3, -0.25) is 0 Å². The van der Waals surface area contributed by atoms with Crippen molar-refractivity contribution in [3.63, 3.8) is 0 Å². The molecule has 100 valence electrons. The molecule has 1 nitrogen and oxygen atoms in total. The largest absolute Gasteiger partial charge is 0.309 e. The van der Waals surface area contributed by atoms with Crippen molar-refractivity contribution in [3.8, 4) is 0 Å². The topological polar surface area (TPSA) is 12.0 Å². The molecule has 0 fully saturated rings. The maximum Gasteiger partial charge on any atom is 0.123 e. The summed E-state index contributed by atoms with van der Waals surface area (Å²) in [6.45, 7) is 3.71. The molecule has 0 aliphatic heterocycles. The summed E-state index contributed by atoms with van der Waals surface area (Å²) in [5.41, 5.74) is 3.51. The highest BCUT2D eigenvalue weighted by Gasteiger charge is 2.15. The summed E-state index contributed by atoms with van der Waals surface area (Å²) >= 11 is 0. The summed E-state index contributed by atoms with van der Waals surface area (Å²) in [7, 11) is 1.81. The predicted octanol–water partition coefficient (Wildman–Crippen LogP) is 3.89. The zero-order valence-electron chi connectivity index (χ0n) is 11.3. The highest BCUT2D eigenvalue weighted by molar-refractivity contribution is 5.38. The summed E-state index contributed by atoms with van der Waals surface area (Å²) < 4.78 is 26.7. The first-order valence-corrected chi connectivity index (χ1v) is 6.21. The molecule has 2 rings (SSSR count). The maximum atomic E-state index is 13.5. The van der Waals surface area contributed by atoms with Gasteiger partial charge in [0.05, 0.1) is 6.04 Å². The zero-order valence-corrected chi connectivity index (χ0v) is 11.3. The minimum absolute atomic E-state index is 0.144.